The first-order chi connectivity index (χ1) is 9.97. The number of carboxylic acids is 1. The Kier molecular flexibility index (Phi) is 4.85. The zero-order valence-electron chi connectivity index (χ0n) is 12.1. The van der Waals surface area contributed by atoms with Crippen molar-refractivity contribution >= 4 is 17.7 Å². The molecule has 6 nitrogen and oxygen atoms in total. The molecule has 7 heteroatoms. The van der Waals surface area contributed by atoms with Crippen LogP contribution < -0.4 is 4.74 Å². The number of aliphatic carboxylic acids is 1. The summed E-state index contributed by atoms with van der Waals surface area (Å²) in [4.78, 5) is 10.7. The second-order valence-electron chi connectivity index (χ2n) is 4.71. The molecule has 1 heterocycles. The molecule has 1 aromatic carbocycles. The van der Waals surface area contributed by atoms with Gasteiger partial charge in [0.25, 0.3) is 0 Å². The van der Waals surface area contributed by atoms with Crippen LogP contribution in [0.15, 0.2) is 29.4 Å². The van der Waals surface area contributed by atoms with Gasteiger partial charge in [0.2, 0.25) is 0 Å². The summed E-state index contributed by atoms with van der Waals surface area (Å²) in [6.07, 6.45) is 0.120. The fourth-order valence-electron chi connectivity index (χ4n) is 1.81. The third kappa shape index (κ3) is 3.98. The highest BCUT2D eigenvalue weighted by Gasteiger charge is 2.13. The lowest BCUT2D eigenvalue weighted by Gasteiger charge is -2.11. The van der Waals surface area contributed by atoms with Gasteiger partial charge in [-0.1, -0.05) is 11.8 Å². The van der Waals surface area contributed by atoms with Crippen LogP contribution in [0.5, 0.6) is 5.75 Å². The minimum absolute atomic E-state index is 0.0489. The van der Waals surface area contributed by atoms with Crippen LogP contribution in [0, 0.1) is 6.92 Å². The standard InChI is InChI=1S/C14H17N3O3S/c1-9(2)20-12-6-4-11(5-7-12)17-10(3)15-16-14(17)21-8-13(18)19/h4-7,9H,8H2,1-3H3,(H,18,19). The first kappa shape index (κ1) is 15.4. The Morgan fingerprint density at radius 1 is 1.33 bits per heavy atom. The number of aromatic nitrogens is 3. The van der Waals surface area contributed by atoms with Gasteiger partial charge in [0.05, 0.1) is 11.9 Å². The van der Waals surface area contributed by atoms with E-state index in [0.717, 1.165) is 23.2 Å². The molecule has 0 bridgehead atoms. The molecular formula is C14H17N3O3S. The molecule has 0 amide bonds. The summed E-state index contributed by atoms with van der Waals surface area (Å²) < 4.78 is 7.43. The van der Waals surface area contributed by atoms with E-state index in [4.69, 9.17) is 9.84 Å². The number of thioether (sulfide) groups is 1. The molecule has 1 aromatic heterocycles. The minimum Gasteiger partial charge on any atom is -0.491 e. The molecule has 0 aliphatic rings. The molecule has 0 saturated carbocycles. The molecule has 0 aliphatic heterocycles. The molecule has 1 N–H and O–H groups in total. The van der Waals surface area contributed by atoms with Crippen LogP contribution in [0.1, 0.15) is 19.7 Å². The number of carboxylic acid groups (broad SMARTS) is 1. The highest BCUT2D eigenvalue weighted by atomic mass is 32.2. The number of nitrogens with zero attached hydrogens (tertiary/aromatic N) is 3. The molecule has 0 radical (unpaired) electrons. The van der Waals surface area contributed by atoms with Crippen LogP contribution in [0.3, 0.4) is 0 Å². The Morgan fingerprint density at radius 3 is 2.57 bits per heavy atom. The van der Waals surface area contributed by atoms with Crippen molar-refractivity contribution in [3.05, 3.63) is 30.1 Å². The molecule has 112 valence electrons. The van der Waals surface area contributed by atoms with E-state index in [1.165, 1.54) is 0 Å². The number of hydrogen-bond acceptors (Lipinski definition) is 5. The van der Waals surface area contributed by atoms with Crippen molar-refractivity contribution in [2.24, 2.45) is 0 Å². The maximum Gasteiger partial charge on any atom is 0.313 e. The number of benzene rings is 1. The maximum absolute atomic E-state index is 10.7. The van der Waals surface area contributed by atoms with Crippen LogP contribution in [0.4, 0.5) is 0 Å². The van der Waals surface area contributed by atoms with E-state index in [2.05, 4.69) is 10.2 Å². The molecular weight excluding hydrogens is 290 g/mol. The summed E-state index contributed by atoms with van der Waals surface area (Å²) in [5, 5.41) is 17.4. The molecule has 2 aromatic rings. The van der Waals surface area contributed by atoms with Gasteiger partial charge in [0.1, 0.15) is 11.6 Å². The average molecular weight is 307 g/mol. The van der Waals surface area contributed by atoms with Crippen LogP contribution in [0.2, 0.25) is 0 Å². The third-order valence-electron chi connectivity index (χ3n) is 2.59. The van der Waals surface area contributed by atoms with E-state index in [9.17, 15) is 4.79 Å². The predicted octanol–water partition coefficient (Wildman–Crippen LogP) is 2.54. The van der Waals surface area contributed by atoms with Gasteiger partial charge in [0.15, 0.2) is 5.16 Å². The van der Waals surface area contributed by atoms with E-state index in [1.807, 2.05) is 49.6 Å². The largest absolute Gasteiger partial charge is 0.491 e. The Bertz CT molecular complexity index is 623. The van der Waals surface area contributed by atoms with Crippen LogP contribution in [-0.2, 0) is 4.79 Å². The number of carbonyl (C=O) groups is 1. The van der Waals surface area contributed by atoms with E-state index in [1.54, 1.807) is 0 Å². The van der Waals surface area contributed by atoms with Gasteiger partial charge in [-0.3, -0.25) is 9.36 Å². The topological polar surface area (TPSA) is 77.2 Å². The molecule has 0 saturated heterocycles. The van der Waals surface area contributed by atoms with E-state index in [-0.39, 0.29) is 11.9 Å². The summed E-state index contributed by atoms with van der Waals surface area (Å²) in [7, 11) is 0. The van der Waals surface area contributed by atoms with Gasteiger partial charge in [-0.2, -0.15) is 0 Å². The zero-order chi connectivity index (χ0) is 15.4. The normalized spacial score (nSPS) is 10.9. The first-order valence-corrected chi connectivity index (χ1v) is 7.49. The molecule has 0 spiro atoms. The lowest BCUT2D eigenvalue weighted by atomic mass is 10.3. The molecule has 2 rings (SSSR count). The number of hydrogen-bond donors (Lipinski definition) is 1. The number of aryl methyl sites for hydroxylation is 1. The molecule has 0 aliphatic carbocycles. The Labute approximate surface area is 127 Å². The predicted molar refractivity (Wildman–Crippen MR) is 80.2 cm³/mol. The van der Waals surface area contributed by atoms with E-state index < -0.39 is 5.97 Å². The average Bonchev–Trinajstić information content (AvgIpc) is 2.78. The summed E-state index contributed by atoms with van der Waals surface area (Å²) in [6, 6.07) is 7.55. The molecule has 0 atom stereocenters. The van der Waals surface area contributed by atoms with Crippen molar-refractivity contribution in [2.75, 3.05) is 5.75 Å². The summed E-state index contributed by atoms with van der Waals surface area (Å²) in [5.74, 6) is 0.569. The van der Waals surface area contributed by atoms with Gasteiger partial charge < -0.3 is 9.84 Å². The van der Waals surface area contributed by atoms with Crippen LogP contribution >= 0.6 is 11.8 Å². The Morgan fingerprint density at radius 2 is 2.00 bits per heavy atom. The summed E-state index contributed by atoms with van der Waals surface area (Å²) in [6.45, 7) is 5.77. The van der Waals surface area contributed by atoms with Crippen molar-refractivity contribution in [1.29, 1.82) is 0 Å². The van der Waals surface area contributed by atoms with E-state index >= 15 is 0 Å². The monoisotopic (exact) mass is 307 g/mol. The van der Waals surface area contributed by atoms with Gasteiger partial charge in [-0.15, -0.1) is 10.2 Å². The number of ether oxygens (including phenoxy) is 1. The Balaban J connectivity index is 2.24. The lowest BCUT2D eigenvalue weighted by Crippen LogP contribution is -2.06. The van der Waals surface area contributed by atoms with Crippen LogP contribution in [0.25, 0.3) is 5.69 Å². The Hall–Kier alpha value is -2.02. The fraction of sp³-hybridized carbons (Fsp3) is 0.357. The molecule has 0 unspecified atom stereocenters. The fourth-order valence-corrected chi connectivity index (χ4v) is 2.52. The smallest absolute Gasteiger partial charge is 0.313 e. The van der Waals surface area contributed by atoms with Gasteiger partial charge in [-0.25, -0.2) is 0 Å². The highest BCUT2D eigenvalue weighted by Crippen LogP contribution is 2.23. The quantitative estimate of drug-likeness (QED) is 0.826. The van der Waals surface area contributed by atoms with Crippen molar-refractivity contribution < 1.29 is 14.6 Å². The SMILES string of the molecule is Cc1nnc(SCC(=O)O)n1-c1ccc(OC(C)C)cc1. The highest BCUT2D eigenvalue weighted by molar-refractivity contribution is 7.99. The second-order valence-corrected chi connectivity index (χ2v) is 5.65. The van der Waals surface area contributed by atoms with Crippen molar-refractivity contribution in [1.82, 2.24) is 14.8 Å². The van der Waals surface area contributed by atoms with Gasteiger partial charge in [0, 0.05) is 5.69 Å². The third-order valence-corrected chi connectivity index (χ3v) is 3.50. The molecule has 21 heavy (non-hydrogen) atoms. The van der Waals surface area contributed by atoms with Crippen molar-refractivity contribution in [3.8, 4) is 11.4 Å². The minimum atomic E-state index is -0.882. The van der Waals surface area contributed by atoms with E-state index in [0.29, 0.717) is 11.0 Å². The summed E-state index contributed by atoms with van der Waals surface area (Å²) in [5.41, 5.74) is 0.876. The summed E-state index contributed by atoms with van der Waals surface area (Å²) >= 11 is 1.14. The second kappa shape index (κ2) is 6.62. The van der Waals surface area contributed by atoms with Crippen molar-refractivity contribution in [2.45, 2.75) is 32.0 Å². The van der Waals surface area contributed by atoms with Crippen LogP contribution in [-0.4, -0.2) is 37.7 Å². The van der Waals surface area contributed by atoms with Gasteiger partial charge in [-0.05, 0) is 45.0 Å². The van der Waals surface area contributed by atoms with Gasteiger partial charge >= 0.3 is 5.97 Å². The maximum atomic E-state index is 10.7. The van der Waals surface area contributed by atoms with Crippen molar-refractivity contribution in [3.63, 3.8) is 0 Å². The number of rotatable bonds is 6. The zero-order valence-corrected chi connectivity index (χ0v) is 12.9. The molecule has 0 fully saturated rings. The first-order valence-electron chi connectivity index (χ1n) is 6.51. The lowest BCUT2D eigenvalue weighted by molar-refractivity contribution is -0.133.